The lowest BCUT2D eigenvalue weighted by Gasteiger charge is -2.41. The van der Waals surface area contributed by atoms with Crippen LogP contribution < -0.4 is 14.4 Å². The largest absolute Gasteiger partial charge is 0.493 e. The Morgan fingerprint density at radius 1 is 0.971 bits per heavy atom. The molecule has 0 spiro atoms. The standard InChI is InChI=1S/C25H33FN6O2/c1-18(2)24(31-15-13-30(14-16-31)21-8-6-5-7-20(21)26)25-27-28-29-32(25)12-11-19-9-10-22(33-3)23(17-19)34-4/h5-10,17-18,24H,11-16H2,1-4H3/t24-/m0/s1. The molecule has 0 aliphatic carbocycles. The van der Waals surface area contributed by atoms with Crippen molar-refractivity contribution in [1.82, 2.24) is 25.1 Å². The predicted octanol–water partition coefficient (Wildman–Crippen LogP) is 3.59. The van der Waals surface area contributed by atoms with Crippen LogP contribution in [0.5, 0.6) is 11.5 Å². The molecule has 9 heteroatoms. The molecule has 0 unspecified atom stereocenters. The number of benzene rings is 2. The summed E-state index contributed by atoms with van der Waals surface area (Å²) in [5, 5.41) is 12.7. The Morgan fingerprint density at radius 2 is 1.71 bits per heavy atom. The first-order chi connectivity index (χ1) is 16.5. The maximum atomic E-state index is 14.2. The minimum Gasteiger partial charge on any atom is -0.493 e. The van der Waals surface area contributed by atoms with E-state index in [2.05, 4.69) is 39.2 Å². The molecule has 1 aromatic heterocycles. The number of tetrazole rings is 1. The van der Waals surface area contributed by atoms with E-state index in [4.69, 9.17) is 9.47 Å². The highest BCUT2D eigenvalue weighted by atomic mass is 19.1. The summed E-state index contributed by atoms with van der Waals surface area (Å²) in [6.07, 6.45) is 0.768. The van der Waals surface area contributed by atoms with E-state index in [1.165, 1.54) is 6.07 Å². The van der Waals surface area contributed by atoms with Crippen LogP contribution in [0, 0.1) is 11.7 Å². The van der Waals surface area contributed by atoms with Gasteiger partial charge in [0.15, 0.2) is 17.3 Å². The number of anilines is 1. The molecule has 1 atom stereocenters. The van der Waals surface area contributed by atoms with E-state index in [1.54, 1.807) is 20.3 Å². The average Bonchev–Trinajstić information content (AvgIpc) is 3.31. The van der Waals surface area contributed by atoms with E-state index in [1.807, 2.05) is 35.0 Å². The van der Waals surface area contributed by atoms with Crippen LogP contribution in [0.2, 0.25) is 0 Å². The lowest BCUT2D eigenvalue weighted by atomic mass is 10.0. The zero-order chi connectivity index (χ0) is 24.1. The summed E-state index contributed by atoms with van der Waals surface area (Å²) in [6.45, 7) is 8.22. The van der Waals surface area contributed by atoms with Crippen LogP contribution in [0.1, 0.15) is 31.3 Å². The monoisotopic (exact) mass is 468 g/mol. The van der Waals surface area contributed by atoms with E-state index < -0.39 is 0 Å². The molecule has 1 fully saturated rings. The van der Waals surface area contributed by atoms with Gasteiger partial charge in [0.2, 0.25) is 0 Å². The molecule has 2 aromatic carbocycles. The minimum atomic E-state index is -0.171. The molecule has 0 amide bonds. The van der Waals surface area contributed by atoms with Gasteiger partial charge in [0.1, 0.15) is 5.82 Å². The van der Waals surface area contributed by atoms with Crippen molar-refractivity contribution in [2.75, 3.05) is 45.3 Å². The van der Waals surface area contributed by atoms with Gasteiger partial charge >= 0.3 is 0 Å². The molecular formula is C25H33FN6O2. The summed E-state index contributed by atoms with van der Waals surface area (Å²) in [6, 6.07) is 13.0. The second-order valence-electron chi connectivity index (χ2n) is 8.86. The summed E-state index contributed by atoms with van der Waals surface area (Å²) in [7, 11) is 3.27. The van der Waals surface area contributed by atoms with Crippen molar-refractivity contribution in [3.63, 3.8) is 0 Å². The molecule has 1 saturated heterocycles. The van der Waals surface area contributed by atoms with Crippen molar-refractivity contribution in [2.24, 2.45) is 5.92 Å². The first-order valence-electron chi connectivity index (χ1n) is 11.7. The quantitative estimate of drug-likeness (QED) is 0.475. The van der Waals surface area contributed by atoms with Gasteiger partial charge in [0.05, 0.1) is 25.9 Å². The van der Waals surface area contributed by atoms with Crippen LogP contribution in [-0.2, 0) is 13.0 Å². The van der Waals surface area contributed by atoms with Crippen molar-refractivity contribution in [3.8, 4) is 11.5 Å². The summed E-state index contributed by atoms with van der Waals surface area (Å²) in [4.78, 5) is 4.53. The zero-order valence-corrected chi connectivity index (χ0v) is 20.3. The van der Waals surface area contributed by atoms with Crippen LogP contribution in [0.15, 0.2) is 42.5 Å². The van der Waals surface area contributed by atoms with E-state index in [9.17, 15) is 4.39 Å². The van der Waals surface area contributed by atoms with Gasteiger partial charge in [-0.2, -0.15) is 0 Å². The van der Waals surface area contributed by atoms with Crippen molar-refractivity contribution in [1.29, 1.82) is 0 Å². The van der Waals surface area contributed by atoms with Crippen molar-refractivity contribution >= 4 is 5.69 Å². The third-order valence-electron chi connectivity index (χ3n) is 6.42. The predicted molar refractivity (Wildman–Crippen MR) is 129 cm³/mol. The number of methoxy groups -OCH3 is 2. The number of halogens is 1. The van der Waals surface area contributed by atoms with Crippen LogP contribution in [0.3, 0.4) is 0 Å². The molecule has 0 N–H and O–H groups in total. The molecule has 0 saturated carbocycles. The fourth-order valence-electron chi connectivity index (χ4n) is 4.69. The summed E-state index contributed by atoms with van der Waals surface area (Å²) >= 11 is 0. The number of nitrogens with zero attached hydrogens (tertiary/aromatic N) is 6. The Kier molecular flexibility index (Phi) is 7.62. The van der Waals surface area contributed by atoms with E-state index >= 15 is 0 Å². The van der Waals surface area contributed by atoms with Crippen LogP contribution in [0.25, 0.3) is 0 Å². The Bertz CT molecular complexity index is 1080. The summed E-state index contributed by atoms with van der Waals surface area (Å²) < 4.78 is 26.9. The van der Waals surface area contributed by atoms with Crippen molar-refractivity contribution in [2.45, 2.75) is 32.9 Å². The number of aryl methyl sites for hydroxylation is 2. The number of rotatable bonds is 9. The maximum Gasteiger partial charge on any atom is 0.168 e. The normalized spacial score (nSPS) is 15.5. The SMILES string of the molecule is COc1ccc(CCn2nnnc2[C@H](C(C)C)N2CCN(c3ccccc3F)CC2)cc1OC. The Labute approximate surface area is 200 Å². The second kappa shape index (κ2) is 10.8. The fraction of sp³-hybridized carbons (Fsp3) is 0.480. The third kappa shape index (κ3) is 5.14. The highest BCUT2D eigenvalue weighted by Crippen LogP contribution is 2.30. The Balaban J connectivity index is 1.45. The molecule has 2 heterocycles. The molecule has 1 aliphatic rings. The molecular weight excluding hydrogens is 435 g/mol. The molecule has 0 radical (unpaired) electrons. The Morgan fingerprint density at radius 3 is 2.38 bits per heavy atom. The third-order valence-corrected chi connectivity index (χ3v) is 6.42. The first-order valence-corrected chi connectivity index (χ1v) is 11.7. The number of piperazine rings is 1. The first kappa shape index (κ1) is 23.9. The fourth-order valence-corrected chi connectivity index (χ4v) is 4.69. The smallest absolute Gasteiger partial charge is 0.168 e. The van der Waals surface area contributed by atoms with Crippen molar-refractivity contribution in [3.05, 3.63) is 59.7 Å². The van der Waals surface area contributed by atoms with Gasteiger partial charge in [-0.15, -0.1) is 5.10 Å². The maximum absolute atomic E-state index is 14.2. The number of para-hydroxylation sites is 1. The lowest BCUT2D eigenvalue weighted by Crippen LogP contribution is -2.49. The van der Waals surface area contributed by atoms with E-state index in [-0.39, 0.29) is 11.9 Å². The van der Waals surface area contributed by atoms with Gasteiger partial charge in [0.25, 0.3) is 0 Å². The van der Waals surface area contributed by atoms with Crippen LogP contribution >= 0.6 is 0 Å². The molecule has 34 heavy (non-hydrogen) atoms. The molecule has 3 aromatic rings. The average molecular weight is 469 g/mol. The van der Waals surface area contributed by atoms with Crippen LogP contribution in [-0.4, -0.2) is 65.5 Å². The summed E-state index contributed by atoms with van der Waals surface area (Å²) in [5.41, 5.74) is 1.79. The van der Waals surface area contributed by atoms with E-state index in [0.29, 0.717) is 29.6 Å². The highest BCUT2D eigenvalue weighted by molar-refractivity contribution is 5.48. The molecule has 0 bridgehead atoms. The number of hydrogen-bond acceptors (Lipinski definition) is 7. The van der Waals surface area contributed by atoms with Gasteiger partial charge in [0, 0.05) is 32.7 Å². The minimum absolute atomic E-state index is 0.0863. The topological polar surface area (TPSA) is 68.5 Å². The zero-order valence-electron chi connectivity index (χ0n) is 20.3. The van der Waals surface area contributed by atoms with Gasteiger partial charge in [-0.05, 0) is 52.6 Å². The van der Waals surface area contributed by atoms with Gasteiger partial charge in [-0.3, -0.25) is 4.90 Å². The van der Waals surface area contributed by atoms with E-state index in [0.717, 1.165) is 44.0 Å². The van der Waals surface area contributed by atoms with Crippen LogP contribution in [0.4, 0.5) is 10.1 Å². The number of ether oxygens (including phenoxy) is 2. The number of aromatic nitrogens is 4. The van der Waals surface area contributed by atoms with Gasteiger partial charge in [-0.1, -0.05) is 32.0 Å². The molecule has 182 valence electrons. The second-order valence-corrected chi connectivity index (χ2v) is 8.86. The highest BCUT2D eigenvalue weighted by Gasteiger charge is 2.31. The molecule has 4 rings (SSSR count). The van der Waals surface area contributed by atoms with Gasteiger partial charge in [-0.25, -0.2) is 9.07 Å². The van der Waals surface area contributed by atoms with Gasteiger partial charge < -0.3 is 14.4 Å². The number of hydrogen-bond donors (Lipinski definition) is 0. The molecule has 8 nitrogen and oxygen atoms in total. The molecule has 1 aliphatic heterocycles. The summed E-state index contributed by atoms with van der Waals surface area (Å²) in [5.74, 6) is 2.45. The van der Waals surface area contributed by atoms with Crippen molar-refractivity contribution < 1.29 is 13.9 Å². The Hall–Kier alpha value is -3.20. The lowest BCUT2D eigenvalue weighted by molar-refractivity contribution is 0.134.